The van der Waals surface area contributed by atoms with Gasteiger partial charge in [-0.2, -0.15) is 0 Å². The van der Waals surface area contributed by atoms with Crippen LogP contribution in [0.2, 0.25) is 0 Å². The van der Waals surface area contributed by atoms with Crippen LogP contribution in [0.4, 0.5) is 0 Å². The first kappa shape index (κ1) is 15.1. The van der Waals surface area contributed by atoms with Crippen LogP contribution >= 0.6 is 0 Å². The zero-order valence-electron chi connectivity index (χ0n) is 13.8. The Morgan fingerprint density at radius 2 is 1.62 bits per heavy atom. The van der Waals surface area contributed by atoms with Gasteiger partial charge in [0.25, 0.3) is 0 Å². The maximum atomic E-state index is 3.87. The maximum absolute atomic E-state index is 3.87. The van der Waals surface area contributed by atoms with Gasteiger partial charge in [0.05, 0.1) is 0 Å². The molecule has 1 heteroatoms. The zero-order chi connectivity index (χ0) is 14.7. The van der Waals surface area contributed by atoms with Crippen molar-refractivity contribution in [2.45, 2.75) is 83.7 Å². The fourth-order valence-electron chi connectivity index (χ4n) is 4.28. The van der Waals surface area contributed by atoms with Gasteiger partial charge in [-0.15, -0.1) is 0 Å². The second kappa shape index (κ2) is 6.96. The topological polar surface area (TPSA) is 12.0 Å². The summed E-state index contributed by atoms with van der Waals surface area (Å²) in [5, 5.41) is 3.87. The lowest BCUT2D eigenvalue weighted by Crippen LogP contribution is -2.36. The van der Waals surface area contributed by atoms with E-state index < -0.39 is 0 Å². The lowest BCUT2D eigenvalue weighted by atomic mass is 9.84. The van der Waals surface area contributed by atoms with Crippen LogP contribution in [-0.4, -0.2) is 6.04 Å². The molecule has 3 rings (SSSR count). The molecule has 1 nitrogen and oxygen atoms in total. The van der Waals surface area contributed by atoms with E-state index in [4.69, 9.17) is 0 Å². The molecule has 21 heavy (non-hydrogen) atoms. The van der Waals surface area contributed by atoms with E-state index in [1.54, 1.807) is 11.1 Å². The van der Waals surface area contributed by atoms with Gasteiger partial charge in [0, 0.05) is 12.1 Å². The summed E-state index contributed by atoms with van der Waals surface area (Å²) in [4.78, 5) is 0. The molecule has 0 saturated heterocycles. The molecule has 2 atom stereocenters. The Kier molecular flexibility index (Phi) is 5.00. The average molecular weight is 285 g/mol. The Morgan fingerprint density at radius 3 is 2.38 bits per heavy atom. The number of hydrogen-bond acceptors (Lipinski definition) is 1. The van der Waals surface area contributed by atoms with Crippen molar-refractivity contribution in [1.29, 1.82) is 0 Å². The first-order valence-electron chi connectivity index (χ1n) is 9.12. The van der Waals surface area contributed by atoms with Gasteiger partial charge < -0.3 is 5.32 Å². The highest BCUT2D eigenvalue weighted by atomic mass is 14.9. The monoisotopic (exact) mass is 285 g/mol. The van der Waals surface area contributed by atoms with Crippen molar-refractivity contribution in [2.75, 3.05) is 0 Å². The van der Waals surface area contributed by atoms with Crippen LogP contribution in [0.1, 0.15) is 81.5 Å². The number of nitrogens with one attached hydrogen (secondary N) is 1. The fourth-order valence-corrected chi connectivity index (χ4v) is 4.28. The highest BCUT2D eigenvalue weighted by Gasteiger charge is 2.22. The molecule has 2 aliphatic rings. The first-order valence-corrected chi connectivity index (χ1v) is 9.12. The van der Waals surface area contributed by atoms with Crippen LogP contribution in [-0.2, 0) is 12.8 Å². The molecule has 116 valence electrons. The molecule has 0 spiro atoms. The van der Waals surface area contributed by atoms with E-state index in [1.807, 2.05) is 0 Å². The molecule has 2 aliphatic carbocycles. The third-order valence-corrected chi connectivity index (χ3v) is 5.74. The van der Waals surface area contributed by atoms with Crippen LogP contribution in [0.5, 0.6) is 0 Å². The summed E-state index contributed by atoms with van der Waals surface area (Å²) in [7, 11) is 0. The molecule has 0 radical (unpaired) electrons. The molecular weight excluding hydrogens is 254 g/mol. The van der Waals surface area contributed by atoms with Crippen LogP contribution in [0.25, 0.3) is 0 Å². The van der Waals surface area contributed by atoms with E-state index in [1.165, 1.54) is 63.4 Å². The number of fused-ring (bicyclic) bond motifs is 1. The summed E-state index contributed by atoms with van der Waals surface area (Å²) in [5.74, 6) is 0.888. The van der Waals surface area contributed by atoms with Gasteiger partial charge >= 0.3 is 0 Å². The Morgan fingerprint density at radius 1 is 0.905 bits per heavy atom. The van der Waals surface area contributed by atoms with Crippen LogP contribution in [0.15, 0.2) is 18.2 Å². The molecule has 0 aromatic heterocycles. The van der Waals surface area contributed by atoms with Gasteiger partial charge in [-0.1, -0.05) is 37.5 Å². The van der Waals surface area contributed by atoms with E-state index in [-0.39, 0.29) is 0 Å². The summed E-state index contributed by atoms with van der Waals surface area (Å²) >= 11 is 0. The number of hydrogen-bond donors (Lipinski definition) is 1. The van der Waals surface area contributed by atoms with E-state index in [0.717, 1.165) is 5.92 Å². The van der Waals surface area contributed by atoms with Gasteiger partial charge in [0.15, 0.2) is 0 Å². The molecule has 1 N–H and O–H groups in total. The standard InChI is InChI=1S/C20H31N/c1-15(17-8-4-3-5-9-17)21-16(2)19-13-12-18-10-6-7-11-20(18)14-19/h12-17,21H,3-11H2,1-2H3/t15-,16?/m1/s1. The predicted molar refractivity (Wildman–Crippen MR) is 90.7 cm³/mol. The second-order valence-electron chi connectivity index (χ2n) is 7.31. The largest absolute Gasteiger partial charge is 0.307 e. The quantitative estimate of drug-likeness (QED) is 0.803. The third-order valence-electron chi connectivity index (χ3n) is 5.74. The van der Waals surface area contributed by atoms with Crippen LogP contribution in [0, 0.1) is 5.92 Å². The highest BCUT2D eigenvalue weighted by molar-refractivity contribution is 5.35. The smallest absolute Gasteiger partial charge is 0.0294 e. The van der Waals surface area contributed by atoms with E-state index in [9.17, 15) is 0 Å². The molecule has 1 saturated carbocycles. The Hall–Kier alpha value is -0.820. The van der Waals surface area contributed by atoms with Gasteiger partial charge in [0.1, 0.15) is 0 Å². The summed E-state index contributed by atoms with van der Waals surface area (Å²) in [5.41, 5.74) is 4.69. The average Bonchev–Trinajstić information content (AvgIpc) is 2.55. The Bertz CT molecular complexity index is 459. The molecule has 0 aliphatic heterocycles. The maximum Gasteiger partial charge on any atom is 0.0294 e. The Balaban J connectivity index is 1.63. The number of rotatable bonds is 4. The normalized spacial score (nSPS) is 22.6. The van der Waals surface area contributed by atoms with E-state index in [2.05, 4.69) is 37.4 Å². The lowest BCUT2D eigenvalue weighted by molar-refractivity contribution is 0.268. The Labute approximate surface area is 130 Å². The molecule has 0 heterocycles. The van der Waals surface area contributed by atoms with Crippen molar-refractivity contribution in [3.8, 4) is 0 Å². The van der Waals surface area contributed by atoms with E-state index in [0.29, 0.717) is 12.1 Å². The summed E-state index contributed by atoms with van der Waals surface area (Å²) < 4.78 is 0. The van der Waals surface area contributed by atoms with E-state index >= 15 is 0 Å². The zero-order valence-corrected chi connectivity index (χ0v) is 13.8. The summed E-state index contributed by atoms with van der Waals surface area (Å²) in [6.07, 6.45) is 12.5. The van der Waals surface area contributed by atoms with Crippen LogP contribution in [0.3, 0.4) is 0 Å². The van der Waals surface area contributed by atoms with Gasteiger partial charge in [-0.25, -0.2) is 0 Å². The number of aryl methyl sites for hydroxylation is 2. The van der Waals surface area contributed by atoms with Gasteiger partial charge in [0.2, 0.25) is 0 Å². The third kappa shape index (κ3) is 3.69. The first-order chi connectivity index (χ1) is 10.2. The minimum atomic E-state index is 0.481. The number of benzene rings is 1. The SMILES string of the molecule is CC(N[C@H](C)C1CCCCC1)c1ccc2c(c1)CCCC2. The molecule has 1 aromatic carbocycles. The lowest BCUT2D eigenvalue weighted by Gasteiger charge is -2.31. The molecule has 1 aromatic rings. The van der Waals surface area contributed by atoms with Crippen molar-refractivity contribution in [3.63, 3.8) is 0 Å². The molecular formula is C20H31N. The second-order valence-corrected chi connectivity index (χ2v) is 7.31. The molecule has 1 unspecified atom stereocenters. The van der Waals surface area contributed by atoms with Gasteiger partial charge in [-0.05, 0) is 75.0 Å². The van der Waals surface area contributed by atoms with Crippen molar-refractivity contribution >= 4 is 0 Å². The molecule has 1 fully saturated rings. The van der Waals surface area contributed by atoms with Gasteiger partial charge in [-0.3, -0.25) is 0 Å². The van der Waals surface area contributed by atoms with Crippen molar-refractivity contribution in [3.05, 3.63) is 34.9 Å². The molecule has 0 amide bonds. The van der Waals surface area contributed by atoms with Crippen molar-refractivity contribution in [2.24, 2.45) is 5.92 Å². The molecule has 0 bridgehead atoms. The fraction of sp³-hybridized carbons (Fsp3) is 0.700. The summed E-state index contributed by atoms with van der Waals surface area (Å²) in [6, 6.07) is 8.34. The van der Waals surface area contributed by atoms with Crippen molar-refractivity contribution in [1.82, 2.24) is 5.32 Å². The minimum Gasteiger partial charge on any atom is -0.307 e. The highest BCUT2D eigenvalue weighted by Crippen LogP contribution is 2.29. The minimum absolute atomic E-state index is 0.481. The summed E-state index contributed by atoms with van der Waals surface area (Å²) in [6.45, 7) is 4.73. The van der Waals surface area contributed by atoms with Crippen LogP contribution < -0.4 is 5.32 Å². The van der Waals surface area contributed by atoms with Crippen molar-refractivity contribution < 1.29 is 0 Å². The predicted octanol–water partition coefficient (Wildman–Crippen LogP) is 5.18.